The van der Waals surface area contributed by atoms with Crippen molar-refractivity contribution in [3.8, 4) is 0 Å². The van der Waals surface area contributed by atoms with Crippen LogP contribution in [-0.2, 0) is 20.9 Å². The van der Waals surface area contributed by atoms with Gasteiger partial charge in [0.15, 0.2) is 0 Å². The summed E-state index contributed by atoms with van der Waals surface area (Å²) in [5, 5.41) is 13.1. The summed E-state index contributed by atoms with van der Waals surface area (Å²) in [6.07, 6.45) is 1.33. The summed E-state index contributed by atoms with van der Waals surface area (Å²) in [6.45, 7) is 8.98. The molecule has 1 heterocycles. The number of tetrazole rings is 1. The molecule has 8 heteroatoms. The molecule has 8 nitrogen and oxygen atoms in total. The third-order valence-corrected chi connectivity index (χ3v) is 2.34. The lowest BCUT2D eigenvalue weighted by molar-refractivity contribution is -0.160. The highest BCUT2D eigenvalue weighted by Gasteiger charge is 2.29. The molecule has 1 amide bonds. The van der Waals surface area contributed by atoms with Crippen LogP contribution in [0.4, 0.5) is 0 Å². The number of esters is 1. The second-order valence-corrected chi connectivity index (χ2v) is 5.83. The van der Waals surface area contributed by atoms with Gasteiger partial charge in [0.25, 0.3) is 0 Å². The van der Waals surface area contributed by atoms with Crippen LogP contribution >= 0.6 is 0 Å². The van der Waals surface area contributed by atoms with Crippen LogP contribution in [0.25, 0.3) is 0 Å². The van der Waals surface area contributed by atoms with Crippen LogP contribution in [0.2, 0.25) is 0 Å². The number of carbonyl (C=O) groups is 2. The van der Waals surface area contributed by atoms with E-state index < -0.39 is 17.6 Å². The van der Waals surface area contributed by atoms with E-state index in [4.69, 9.17) is 4.74 Å². The van der Waals surface area contributed by atoms with E-state index in [0.717, 1.165) is 0 Å². The largest absolute Gasteiger partial charge is 0.458 e. The van der Waals surface area contributed by atoms with Crippen molar-refractivity contribution in [1.82, 2.24) is 25.5 Å². The van der Waals surface area contributed by atoms with Gasteiger partial charge < -0.3 is 10.1 Å². The average Bonchev–Trinajstić information content (AvgIpc) is 2.75. The molecule has 0 aliphatic heterocycles. The molecule has 112 valence electrons. The monoisotopic (exact) mass is 283 g/mol. The van der Waals surface area contributed by atoms with Gasteiger partial charge in [0.2, 0.25) is 5.91 Å². The predicted octanol–water partition coefficient (Wildman–Crippen LogP) is 0.156. The molecule has 0 spiro atoms. The van der Waals surface area contributed by atoms with E-state index in [2.05, 4.69) is 20.8 Å². The molecule has 0 aromatic carbocycles. The van der Waals surface area contributed by atoms with E-state index in [1.54, 1.807) is 20.8 Å². The highest BCUT2D eigenvalue weighted by atomic mass is 16.6. The van der Waals surface area contributed by atoms with Crippen molar-refractivity contribution < 1.29 is 14.3 Å². The van der Waals surface area contributed by atoms with Crippen molar-refractivity contribution in [2.24, 2.45) is 5.92 Å². The van der Waals surface area contributed by atoms with Gasteiger partial charge in [0.1, 0.15) is 24.5 Å². The van der Waals surface area contributed by atoms with Crippen molar-refractivity contribution >= 4 is 11.9 Å². The van der Waals surface area contributed by atoms with E-state index in [1.165, 1.54) is 11.0 Å². The average molecular weight is 283 g/mol. The summed E-state index contributed by atoms with van der Waals surface area (Å²) < 4.78 is 6.58. The lowest BCUT2D eigenvalue weighted by atomic mass is 10.0. The quantitative estimate of drug-likeness (QED) is 0.773. The Morgan fingerprint density at radius 1 is 1.35 bits per heavy atom. The number of hydrogen-bond acceptors (Lipinski definition) is 6. The van der Waals surface area contributed by atoms with E-state index in [1.807, 2.05) is 13.8 Å². The van der Waals surface area contributed by atoms with Gasteiger partial charge in [-0.3, -0.25) is 4.79 Å². The molecule has 0 bridgehead atoms. The molecule has 0 fully saturated rings. The second kappa shape index (κ2) is 6.44. The number of amides is 1. The number of aromatic nitrogens is 4. The maximum absolute atomic E-state index is 12.1. The van der Waals surface area contributed by atoms with Crippen molar-refractivity contribution in [1.29, 1.82) is 0 Å². The smallest absolute Gasteiger partial charge is 0.329 e. The zero-order chi connectivity index (χ0) is 15.3. The molecular weight excluding hydrogens is 262 g/mol. The minimum Gasteiger partial charge on any atom is -0.458 e. The predicted molar refractivity (Wildman–Crippen MR) is 70.4 cm³/mol. The maximum Gasteiger partial charge on any atom is 0.329 e. The topological polar surface area (TPSA) is 99.0 Å². The summed E-state index contributed by atoms with van der Waals surface area (Å²) >= 11 is 0. The lowest BCUT2D eigenvalue weighted by Gasteiger charge is -2.26. The van der Waals surface area contributed by atoms with Gasteiger partial charge in [-0.15, -0.1) is 5.10 Å². The van der Waals surface area contributed by atoms with Gasteiger partial charge in [-0.25, -0.2) is 9.48 Å². The van der Waals surface area contributed by atoms with E-state index in [9.17, 15) is 9.59 Å². The SMILES string of the molecule is CC(C)[C@@H](NC(=O)Cn1cnnn1)C(=O)OC(C)(C)C. The summed E-state index contributed by atoms with van der Waals surface area (Å²) in [6, 6.07) is -0.696. The highest BCUT2D eigenvalue weighted by Crippen LogP contribution is 2.12. The van der Waals surface area contributed by atoms with Crippen molar-refractivity contribution in [2.45, 2.75) is 52.8 Å². The molecule has 1 rings (SSSR count). The van der Waals surface area contributed by atoms with Crippen molar-refractivity contribution in [2.75, 3.05) is 0 Å². The zero-order valence-electron chi connectivity index (χ0n) is 12.5. The fourth-order valence-electron chi connectivity index (χ4n) is 1.48. The number of nitrogens with one attached hydrogen (secondary N) is 1. The molecule has 0 aliphatic carbocycles. The Morgan fingerprint density at radius 3 is 2.45 bits per heavy atom. The number of nitrogens with zero attached hydrogens (tertiary/aromatic N) is 4. The van der Waals surface area contributed by atoms with Gasteiger partial charge in [0, 0.05) is 0 Å². The highest BCUT2D eigenvalue weighted by molar-refractivity contribution is 5.84. The lowest BCUT2D eigenvalue weighted by Crippen LogP contribution is -2.48. The first kappa shape index (κ1) is 16.1. The van der Waals surface area contributed by atoms with E-state index in [0.29, 0.717) is 0 Å². The molecule has 20 heavy (non-hydrogen) atoms. The fourth-order valence-corrected chi connectivity index (χ4v) is 1.48. The Balaban J connectivity index is 2.63. The summed E-state index contributed by atoms with van der Waals surface area (Å²) in [4.78, 5) is 23.9. The van der Waals surface area contributed by atoms with Crippen LogP contribution in [-0.4, -0.2) is 43.7 Å². The van der Waals surface area contributed by atoms with Crippen LogP contribution in [0.1, 0.15) is 34.6 Å². The Hall–Kier alpha value is -1.99. The van der Waals surface area contributed by atoms with Crippen molar-refractivity contribution in [3.63, 3.8) is 0 Å². The molecule has 1 aromatic heterocycles. The Bertz CT molecular complexity index is 450. The third-order valence-electron chi connectivity index (χ3n) is 2.34. The molecule has 0 aliphatic rings. The minimum atomic E-state index is -0.696. The zero-order valence-corrected chi connectivity index (χ0v) is 12.5. The van der Waals surface area contributed by atoms with Gasteiger partial charge in [-0.1, -0.05) is 13.8 Å². The number of rotatable bonds is 5. The maximum atomic E-state index is 12.1. The first-order valence-electron chi connectivity index (χ1n) is 6.42. The Kier molecular flexibility index (Phi) is 5.18. The van der Waals surface area contributed by atoms with Crippen molar-refractivity contribution in [3.05, 3.63) is 6.33 Å². The van der Waals surface area contributed by atoms with Gasteiger partial charge in [-0.05, 0) is 37.1 Å². The van der Waals surface area contributed by atoms with Gasteiger partial charge in [0.05, 0.1) is 0 Å². The molecule has 0 saturated heterocycles. The number of ether oxygens (including phenoxy) is 1. The normalized spacial score (nSPS) is 13.1. The standard InChI is InChI=1S/C12H21N5O3/c1-8(2)10(11(19)20-12(3,4)5)14-9(18)6-17-7-13-15-16-17/h7-8,10H,6H2,1-5H3,(H,14,18)/t10-/m1/s1. The van der Waals surface area contributed by atoms with Crippen LogP contribution in [0.5, 0.6) is 0 Å². The second-order valence-electron chi connectivity index (χ2n) is 5.83. The first-order chi connectivity index (χ1) is 9.19. The molecular formula is C12H21N5O3. The summed E-state index contributed by atoms with van der Waals surface area (Å²) in [7, 11) is 0. The molecule has 0 radical (unpaired) electrons. The first-order valence-corrected chi connectivity index (χ1v) is 6.42. The minimum absolute atomic E-state index is 0.0426. The van der Waals surface area contributed by atoms with Crippen LogP contribution in [0, 0.1) is 5.92 Å². The van der Waals surface area contributed by atoms with Crippen LogP contribution < -0.4 is 5.32 Å². The summed E-state index contributed by atoms with van der Waals surface area (Å²) in [5.41, 5.74) is -0.592. The molecule has 0 unspecified atom stereocenters. The van der Waals surface area contributed by atoms with Gasteiger partial charge >= 0.3 is 5.97 Å². The molecule has 1 N–H and O–H groups in total. The molecule has 0 saturated carbocycles. The van der Waals surface area contributed by atoms with Crippen LogP contribution in [0.15, 0.2) is 6.33 Å². The van der Waals surface area contributed by atoms with E-state index >= 15 is 0 Å². The van der Waals surface area contributed by atoms with Crippen LogP contribution in [0.3, 0.4) is 0 Å². The Morgan fingerprint density at radius 2 is 2.00 bits per heavy atom. The third kappa shape index (κ3) is 5.33. The fraction of sp³-hybridized carbons (Fsp3) is 0.750. The molecule has 1 atom stereocenters. The molecule has 1 aromatic rings. The number of hydrogen-bond donors (Lipinski definition) is 1. The van der Waals surface area contributed by atoms with E-state index in [-0.39, 0.29) is 18.4 Å². The Labute approximate surface area is 117 Å². The number of carbonyl (C=O) groups excluding carboxylic acids is 2. The van der Waals surface area contributed by atoms with Gasteiger partial charge in [-0.2, -0.15) is 0 Å². The summed E-state index contributed by atoms with van der Waals surface area (Å²) in [5.74, 6) is -0.873.